The van der Waals surface area contributed by atoms with Crippen molar-refractivity contribution in [1.82, 2.24) is 4.90 Å². The molecule has 3 nitrogen and oxygen atoms in total. The van der Waals surface area contributed by atoms with Crippen LogP contribution >= 0.6 is 0 Å². The van der Waals surface area contributed by atoms with Gasteiger partial charge in [0.05, 0.1) is 12.3 Å². The first-order valence-electron chi connectivity index (χ1n) is 6.96. The highest BCUT2D eigenvalue weighted by molar-refractivity contribution is 5.56. The minimum absolute atomic E-state index is 0.566. The van der Waals surface area contributed by atoms with Crippen LogP contribution < -0.4 is 10.1 Å². The second-order valence-corrected chi connectivity index (χ2v) is 5.00. The van der Waals surface area contributed by atoms with Crippen LogP contribution in [0.25, 0.3) is 0 Å². The van der Waals surface area contributed by atoms with Gasteiger partial charge >= 0.3 is 0 Å². The Morgan fingerprint density at radius 2 is 2.11 bits per heavy atom. The average Bonchev–Trinajstić information content (AvgIpc) is 2.57. The van der Waals surface area contributed by atoms with E-state index in [4.69, 9.17) is 4.74 Å². The second kappa shape index (κ2) is 6.64. The van der Waals surface area contributed by atoms with E-state index in [0.29, 0.717) is 12.6 Å². The maximum absolute atomic E-state index is 5.66. The van der Waals surface area contributed by atoms with Crippen LogP contribution in [0.15, 0.2) is 24.3 Å². The molecule has 18 heavy (non-hydrogen) atoms. The molecule has 1 fully saturated rings. The van der Waals surface area contributed by atoms with Gasteiger partial charge in [0.15, 0.2) is 0 Å². The van der Waals surface area contributed by atoms with Crippen LogP contribution in [0.1, 0.15) is 26.2 Å². The standard InChI is InChI=1S/C15H24N2O/c1-3-18-15-9-5-4-8-14(15)16-13-7-6-11-17(2)12-10-13/h4-5,8-9,13,16H,3,6-7,10-12H2,1-2H3. The van der Waals surface area contributed by atoms with Gasteiger partial charge in [-0.1, -0.05) is 12.1 Å². The van der Waals surface area contributed by atoms with Crippen LogP contribution in [-0.2, 0) is 0 Å². The fraction of sp³-hybridized carbons (Fsp3) is 0.600. The van der Waals surface area contributed by atoms with Gasteiger partial charge in [0.1, 0.15) is 5.75 Å². The fourth-order valence-electron chi connectivity index (χ4n) is 2.47. The maximum atomic E-state index is 5.66. The first-order valence-corrected chi connectivity index (χ1v) is 6.96. The SMILES string of the molecule is CCOc1ccccc1NC1CCCN(C)CC1. The van der Waals surface area contributed by atoms with E-state index in [1.54, 1.807) is 0 Å². The van der Waals surface area contributed by atoms with Crippen molar-refractivity contribution in [3.05, 3.63) is 24.3 Å². The molecule has 1 heterocycles. The topological polar surface area (TPSA) is 24.5 Å². The van der Waals surface area contributed by atoms with Gasteiger partial charge < -0.3 is 15.0 Å². The summed E-state index contributed by atoms with van der Waals surface area (Å²) in [5.74, 6) is 0.970. The first-order chi connectivity index (χ1) is 8.79. The summed E-state index contributed by atoms with van der Waals surface area (Å²) in [4.78, 5) is 2.41. The van der Waals surface area contributed by atoms with E-state index in [9.17, 15) is 0 Å². The number of hydrogen-bond acceptors (Lipinski definition) is 3. The number of benzene rings is 1. The van der Waals surface area contributed by atoms with Crippen molar-refractivity contribution >= 4 is 5.69 Å². The molecule has 1 N–H and O–H groups in total. The molecule has 1 saturated heterocycles. The molecular weight excluding hydrogens is 224 g/mol. The van der Waals surface area contributed by atoms with Gasteiger partial charge in [-0.15, -0.1) is 0 Å². The Hall–Kier alpha value is -1.22. The van der Waals surface area contributed by atoms with Gasteiger partial charge in [-0.3, -0.25) is 0 Å². The van der Waals surface area contributed by atoms with Crippen molar-refractivity contribution in [3.8, 4) is 5.75 Å². The molecule has 1 aliphatic heterocycles. The van der Waals surface area contributed by atoms with Crippen LogP contribution in [0, 0.1) is 0 Å². The van der Waals surface area contributed by atoms with Gasteiger partial charge in [0.25, 0.3) is 0 Å². The number of anilines is 1. The number of likely N-dealkylation sites (tertiary alicyclic amines) is 1. The lowest BCUT2D eigenvalue weighted by Crippen LogP contribution is -2.23. The van der Waals surface area contributed by atoms with Crippen LogP contribution in [-0.4, -0.2) is 37.7 Å². The van der Waals surface area contributed by atoms with Gasteiger partial charge in [-0.25, -0.2) is 0 Å². The van der Waals surface area contributed by atoms with Crippen LogP contribution in [0.5, 0.6) is 5.75 Å². The minimum atomic E-state index is 0.566. The summed E-state index contributed by atoms with van der Waals surface area (Å²) in [5.41, 5.74) is 1.13. The number of hydrogen-bond donors (Lipinski definition) is 1. The van der Waals surface area contributed by atoms with E-state index in [1.807, 2.05) is 19.1 Å². The second-order valence-electron chi connectivity index (χ2n) is 5.00. The third-order valence-electron chi connectivity index (χ3n) is 3.50. The van der Waals surface area contributed by atoms with E-state index in [0.717, 1.165) is 11.4 Å². The predicted octanol–water partition coefficient (Wildman–Crippen LogP) is 2.98. The van der Waals surface area contributed by atoms with Crippen molar-refractivity contribution in [2.45, 2.75) is 32.2 Å². The average molecular weight is 248 g/mol. The molecular formula is C15H24N2O. The minimum Gasteiger partial charge on any atom is -0.492 e. The number of para-hydroxylation sites is 2. The molecule has 0 aromatic heterocycles. The van der Waals surface area contributed by atoms with Gasteiger partial charge in [-0.2, -0.15) is 0 Å². The van der Waals surface area contributed by atoms with Crippen LogP contribution in [0.3, 0.4) is 0 Å². The van der Waals surface area contributed by atoms with Crippen molar-refractivity contribution in [2.24, 2.45) is 0 Å². The molecule has 3 heteroatoms. The molecule has 100 valence electrons. The Kier molecular flexibility index (Phi) is 4.88. The zero-order valence-electron chi connectivity index (χ0n) is 11.5. The number of ether oxygens (including phenoxy) is 1. The largest absolute Gasteiger partial charge is 0.492 e. The van der Waals surface area contributed by atoms with Crippen molar-refractivity contribution in [3.63, 3.8) is 0 Å². The fourth-order valence-corrected chi connectivity index (χ4v) is 2.47. The summed E-state index contributed by atoms with van der Waals surface area (Å²) in [6, 6.07) is 8.80. The summed E-state index contributed by atoms with van der Waals surface area (Å²) in [6.45, 7) is 5.13. The Morgan fingerprint density at radius 3 is 2.94 bits per heavy atom. The van der Waals surface area contributed by atoms with Gasteiger partial charge in [0, 0.05) is 6.04 Å². The summed E-state index contributed by atoms with van der Waals surface area (Å²) in [7, 11) is 2.20. The zero-order valence-corrected chi connectivity index (χ0v) is 11.5. The Labute approximate surface area is 110 Å². The molecule has 1 aromatic rings. The summed E-state index contributed by atoms with van der Waals surface area (Å²) < 4.78 is 5.66. The molecule has 1 aliphatic rings. The molecule has 0 aliphatic carbocycles. The molecule has 0 spiro atoms. The van der Waals surface area contributed by atoms with Crippen molar-refractivity contribution in [1.29, 1.82) is 0 Å². The summed E-state index contributed by atoms with van der Waals surface area (Å²) in [5, 5.41) is 3.64. The number of nitrogens with one attached hydrogen (secondary N) is 1. The van der Waals surface area contributed by atoms with Crippen LogP contribution in [0.4, 0.5) is 5.69 Å². The Morgan fingerprint density at radius 1 is 1.28 bits per heavy atom. The molecule has 0 amide bonds. The monoisotopic (exact) mass is 248 g/mol. The summed E-state index contributed by atoms with van der Waals surface area (Å²) >= 11 is 0. The van der Waals surface area contributed by atoms with E-state index >= 15 is 0 Å². The smallest absolute Gasteiger partial charge is 0.142 e. The van der Waals surface area contributed by atoms with E-state index < -0.39 is 0 Å². The third-order valence-corrected chi connectivity index (χ3v) is 3.50. The third kappa shape index (κ3) is 3.64. The molecule has 1 unspecified atom stereocenters. The molecule has 1 atom stereocenters. The summed E-state index contributed by atoms with van der Waals surface area (Å²) in [6.07, 6.45) is 3.72. The molecule has 0 saturated carbocycles. The van der Waals surface area contributed by atoms with E-state index in [1.165, 1.54) is 32.4 Å². The zero-order chi connectivity index (χ0) is 12.8. The first kappa shape index (κ1) is 13.2. The highest BCUT2D eigenvalue weighted by Crippen LogP contribution is 2.26. The molecule has 0 bridgehead atoms. The molecule has 0 radical (unpaired) electrons. The number of rotatable bonds is 4. The van der Waals surface area contributed by atoms with Crippen molar-refractivity contribution < 1.29 is 4.74 Å². The Bertz CT molecular complexity index is 367. The lowest BCUT2D eigenvalue weighted by atomic mass is 10.1. The predicted molar refractivity (Wildman–Crippen MR) is 76.4 cm³/mol. The normalized spacial score (nSPS) is 21.3. The maximum Gasteiger partial charge on any atom is 0.142 e. The number of nitrogens with zero attached hydrogens (tertiary/aromatic N) is 1. The van der Waals surface area contributed by atoms with Crippen molar-refractivity contribution in [2.75, 3.05) is 32.1 Å². The lowest BCUT2D eigenvalue weighted by molar-refractivity contribution is 0.340. The van der Waals surface area contributed by atoms with Crippen LogP contribution in [0.2, 0.25) is 0 Å². The molecule has 1 aromatic carbocycles. The Balaban J connectivity index is 1.99. The molecule has 2 rings (SSSR count). The van der Waals surface area contributed by atoms with Gasteiger partial charge in [-0.05, 0) is 58.5 Å². The lowest BCUT2D eigenvalue weighted by Gasteiger charge is -2.20. The quantitative estimate of drug-likeness (QED) is 0.886. The highest BCUT2D eigenvalue weighted by atomic mass is 16.5. The van der Waals surface area contributed by atoms with E-state index in [2.05, 4.69) is 29.4 Å². The van der Waals surface area contributed by atoms with E-state index in [-0.39, 0.29) is 0 Å². The highest BCUT2D eigenvalue weighted by Gasteiger charge is 2.15. The van der Waals surface area contributed by atoms with Gasteiger partial charge in [0.2, 0.25) is 0 Å².